The molecule has 0 saturated carbocycles. The molecule has 0 heterocycles. The van der Waals surface area contributed by atoms with Gasteiger partial charge in [-0.25, -0.2) is 0 Å². The van der Waals surface area contributed by atoms with E-state index in [4.69, 9.17) is 4.74 Å². The highest BCUT2D eigenvalue weighted by Crippen LogP contribution is 2.30. The van der Waals surface area contributed by atoms with E-state index in [0.717, 1.165) is 12.1 Å². The maximum Gasteiger partial charge on any atom is 0.416 e. The van der Waals surface area contributed by atoms with Crippen molar-refractivity contribution in [3.63, 3.8) is 0 Å². The summed E-state index contributed by atoms with van der Waals surface area (Å²) in [5, 5.41) is 0. The van der Waals surface area contributed by atoms with Crippen molar-refractivity contribution in [1.29, 1.82) is 0 Å². The molecule has 1 aromatic rings. The number of aldehydes is 1. The first kappa shape index (κ1) is 12.5. The van der Waals surface area contributed by atoms with E-state index < -0.39 is 17.3 Å². The van der Waals surface area contributed by atoms with E-state index in [2.05, 4.69) is 0 Å². The van der Waals surface area contributed by atoms with E-state index in [0.29, 0.717) is 6.29 Å². The SMILES string of the molecule is CC(C)(C=O)Oc1ccc(C(F)(F)F)cc1. The Bertz CT molecular complexity index is 366. The molecule has 0 fully saturated rings. The first-order valence-electron chi connectivity index (χ1n) is 4.57. The normalized spacial score (nSPS) is 12.3. The summed E-state index contributed by atoms with van der Waals surface area (Å²) in [6.45, 7) is 3.05. The Balaban J connectivity index is 2.84. The lowest BCUT2D eigenvalue weighted by atomic mass is 10.1. The van der Waals surface area contributed by atoms with Crippen LogP contribution in [-0.2, 0) is 11.0 Å². The van der Waals surface area contributed by atoms with Crippen LogP contribution in [0.1, 0.15) is 19.4 Å². The molecular formula is C11H11F3O2. The van der Waals surface area contributed by atoms with Crippen molar-refractivity contribution in [2.75, 3.05) is 0 Å². The Morgan fingerprint density at radius 1 is 1.12 bits per heavy atom. The zero-order valence-electron chi connectivity index (χ0n) is 8.84. The highest BCUT2D eigenvalue weighted by Gasteiger charge is 2.30. The predicted octanol–water partition coefficient (Wildman–Crippen LogP) is 3.06. The number of alkyl halides is 3. The number of rotatable bonds is 3. The molecule has 0 unspecified atom stereocenters. The van der Waals surface area contributed by atoms with Gasteiger partial charge < -0.3 is 4.74 Å². The highest BCUT2D eigenvalue weighted by atomic mass is 19.4. The molecule has 0 aliphatic carbocycles. The fraction of sp³-hybridized carbons (Fsp3) is 0.364. The number of carbonyl (C=O) groups excluding carboxylic acids is 1. The summed E-state index contributed by atoms with van der Waals surface area (Å²) in [7, 11) is 0. The summed E-state index contributed by atoms with van der Waals surface area (Å²) >= 11 is 0. The molecule has 5 heteroatoms. The maximum absolute atomic E-state index is 12.2. The molecule has 0 bridgehead atoms. The minimum Gasteiger partial charge on any atom is -0.480 e. The zero-order valence-corrected chi connectivity index (χ0v) is 8.84. The summed E-state index contributed by atoms with van der Waals surface area (Å²) < 4.78 is 41.9. The van der Waals surface area contributed by atoms with Crippen LogP contribution in [0.25, 0.3) is 0 Å². The molecule has 0 amide bonds. The Labute approximate surface area is 91.0 Å². The van der Waals surface area contributed by atoms with Gasteiger partial charge in [-0.15, -0.1) is 0 Å². The summed E-state index contributed by atoms with van der Waals surface area (Å²) in [6, 6.07) is 4.20. The molecule has 88 valence electrons. The van der Waals surface area contributed by atoms with Gasteiger partial charge in [-0.05, 0) is 38.1 Å². The van der Waals surface area contributed by atoms with Gasteiger partial charge in [0.25, 0.3) is 0 Å². The molecule has 0 aliphatic rings. The third-order valence-corrected chi connectivity index (χ3v) is 1.85. The quantitative estimate of drug-likeness (QED) is 0.748. The molecule has 0 aliphatic heterocycles. The predicted molar refractivity (Wildman–Crippen MR) is 52.2 cm³/mol. The third-order valence-electron chi connectivity index (χ3n) is 1.85. The summed E-state index contributed by atoms with van der Waals surface area (Å²) in [6.07, 6.45) is -3.77. The largest absolute Gasteiger partial charge is 0.480 e. The molecule has 0 spiro atoms. The van der Waals surface area contributed by atoms with Crippen LogP contribution in [-0.4, -0.2) is 11.9 Å². The van der Waals surface area contributed by atoms with E-state index in [9.17, 15) is 18.0 Å². The van der Waals surface area contributed by atoms with Gasteiger partial charge in [-0.2, -0.15) is 13.2 Å². The van der Waals surface area contributed by atoms with Crippen LogP contribution in [0.2, 0.25) is 0 Å². The summed E-state index contributed by atoms with van der Waals surface area (Å²) in [4.78, 5) is 10.6. The second-order valence-electron chi connectivity index (χ2n) is 3.85. The average molecular weight is 232 g/mol. The monoisotopic (exact) mass is 232 g/mol. The molecular weight excluding hydrogens is 221 g/mol. The lowest BCUT2D eigenvalue weighted by Crippen LogP contribution is -2.29. The Hall–Kier alpha value is -1.52. The summed E-state index contributed by atoms with van der Waals surface area (Å²) in [5.41, 5.74) is -1.79. The van der Waals surface area contributed by atoms with Crippen molar-refractivity contribution in [3.8, 4) is 5.75 Å². The van der Waals surface area contributed by atoms with E-state index in [1.165, 1.54) is 26.0 Å². The first-order chi connectivity index (χ1) is 7.24. The van der Waals surface area contributed by atoms with E-state index in [1.54, 1.807) is 0 Å². The molecule has 0 atom stereocenters. The Morgan fingerprint density at radius 3 is 2.00 bits per heavy atom. The van der Waals surface area contributed by atoms with Crippen molar-refractivity contribution in [2.24, 2.45) is 0 Å². The number of ether oxygens (including phenoxy) is 1. The topological polar surface area (TPSA) is 26.3 Å². The number of hydrogen-bond acceptors (Lipinski definition) is 2. The Morgan fingerprint density at radius 2 is 1.62 bits per heavy atom. The fourth-order valence-electron chi connectivity index (χ4n) is 1.04. The standard InChI is InChI=1S/C11H11F3O2/c1-10(2,7-15)16-9-5-3-8(4-6-9)11(12,13)14/h3-7H,1-2H3. The minimum atomic E-state index is -4.36. The first-order valence-corrected chi connectivity index (χ1v) is 4.57. The highest BCUT2D eigenvalue weighted by molar-refractivity contribution is 5.61. The smallest absolute Gasteiger partial charge is 0.416 e. The molecule has 0 N–H and O–H groups in total. The van der Waals surface area contributed by atoms with Crippen LogP contribution in [0, 0.1) is 0 Å². The number of carbonyl (C=O) groups is 1. The van der Waals surface area contributed by atoms with E-state index >= 15 is 0 Å². The molecule has 1 rings (SSSR count). The van der Waals surface area contributed by atoms with E-state index in [1.807, 2.05) is 0 Å². The van der Waals surface area contributed by atoms with Crippen LogP contribution in [0.5, 0.6) is 5.75 Å². The summed E-state index contributed by atoms with van der Waals surface area (Å²) in [5.74, 6) is 0.227. The van der Waals surface area contributed by atoms with E-state index in [-0.39, 0.29) is 5.75 Å². The Kier molecular flexibility index (Phi) is 3.26. The average Bonchev–Trinajstić information content (AvgIpc) is 2.16. The molecule has 0 saturated heterocycles. The molecule has 2 nitrogen and oxygen atoms in total. The van der Waals surface area contributed by atoms with Gasteiger partial charge in [-0.3, -0.25) is 4.79 Å². The van der Waals surface area contributed by atoms with Gasteiger partial charge >= 0.3 is 6.18 Å². The minimum absolute atomic E-state index is 0.227. The number of halogens is 3. The molecule has 0 radical (unpaired) electrons. The van der Waals surface area contributed by atoms with Crippen LogP contribution < -0.4 is 4.74 Å². The van der Waals surface area contributed by atoms with Gasteiger partial charge in [0.15, 0.2) is 11.9 Å². The van der Waals surface area contributed by atoms with Crippen LogP contribution in [0.15, 0.2) is 24.3 Å². The van der Waals surface area contributed by atoms with Crippen molar-refractivity contribution in [2.45, 2.75) is 25.6 Å². The molecule has 1 aromatic carbocycles. The lowest BCUT2D eigenvalue weighted by molar-refractivity contribution is -0.137. The lowest BCUT2D eigenvalue weighted by Gasteiger charge is -2.19. The maximum atomic E-state index is 12.2. The number of hydrogen-bond donors (Lipinski definition) is 0. The van der Waals surface area contributed by atoms with Crippen LogP contribution in [0.4, 0.5) is 13.2 Å². The fourth-order valence-corrected chi connectivity index (χ4v) is 1.04. The van der Waals surface area contributed by atoms with Crippen molar-refractivity contribution in [1.82, 2.24) is 0 Å². The van der Waals surface area contributed by atoms with Gasteiger partial charge in [-0.1, -0.05) is 0 Å². The van der Waals surface area contributed by atoms with Gasteiger partial charge in [0.1, 0.15) is 5.75 Å². The molecule has 0 aromatic heterocycles. The second-order valence-corrected chi connectivity index (χ2v) is 3.85. The third kappa shape index (κ3) is 3.25. The number of benzene rings is 1. The van der Waals surface area contributed by atoms with Crippen molar-refractivity contribution < 1.29 is 22.7 Å². The van der Waals surface area contributed by atoms with Gasteiger partial charge in [0.05, 0.1) is 5.56 Å². The van der Waals surface area contributed by atoms with Gasteiger partial charge in [0, 0.05) is 0 Å². The van der Waals surface area contributed by atoms with Gasteiger partial charge in [0.2, 0.25) is 0 Å². The zero-order chi connectivity index (χ0) is 12.4. The van der Waals surface area contributed by atoms with Crippen molar-refractivity contribution in [3.05, 3.63) is 29.8 Å². The van der Waals surface area contributed by atoms with Crippen LogP contribution >= 0.6 is 0 Å². The molecule has 16 heavy (non-hydrogen) atoms. The van der Waals surface area contributed by atoms with Crippen LogP contribution in [0.3, 0.4) is 0 Å². The van der Waals surface area contributed by atoms with Crippen molar-refractivity contribution >= 4 is 6.29 Å². The second kappa shape index (κ2) is 4.15.